The van der Waals surface area contributed by atoms with E-state index in [9.17, 15) is 0 Å². The molecule has 1 unspecified atom stereocenters. The quantitative estimate of drug-likeness (QED) is 0.619. The van der Waals surface area contributed by atoms with E-state index in [2.05, 4.69) is 19.9 Å². The van der Waals surface area contributed by atoms with Gasteiger partial charge in [0, 0.05) is 6.04 Å². The molecule has 0 fully saturated rings. The Labute approximate surface area is 69.7 Å². The van der Waals surface area contributed by atoms with Crippen molar-refractivity contribution in [1.29, 1.82) is 0 Å². The van der Waals surface area contributed by atoms with Crippen LogP contribution in [0.5, 0.6) is 0 Å². The first-order valence-electron chi connectivity index (χ1n) is 4.63. The topological polar surface area (TPSA) is 26.0 Å². The van der Waals surface area contributed by atoms with Crippen LogP contribution in [0.2, 0.25) is 0 Å². The van der Waals surface area contributed by atoms with Gasteiger partial charge in [-0.2, -0.15) is 0 Å². The Kier molecular flexibility index (Phi) is 3.13. The summed E-state index contributed by atoms with van der Waals surface area (Å²) in [5.41, 5.74) is 7.34. The molecule has 0 heterocycles. The molecule has 1 aliphatic rings. The first kappa shape index (κ1) is 8.79. The molecule has 0 aliphatic heterocycles. The molecule has 11 heavy (non-hydrogen) atoms. The van der Waals surface area contributed by atoms with Crippen molar-refractivity contribution < 1.29 is 0 Å². The van der Waals surface area contributed by atoms with Crippen LogP contribution in [-0.2, 0) is 0 Å². The van der Waals surface area contributed by atoms with Gasteiger partial charge < -0.3 is 5.73 Å². The molecule has 64 valence electrons. The van der Waals surface area contributed by atoms with Crippen LogP contribution in [0.25, 0.3) is 0 Å². The van der Waals surface area contributed by atoms with E-state index >= 15 is 0 Å². The molecule has 0 saturated heterocycles. The summed E-state index contributed by atoms with van der Waals surface area (Å²) < 4.78 is 0. The molecule has 0 bridgehead atoms. The lowest BCUT2D eigenvalue weighted by atomic mass is 10.0. The SMILES string of the molecule is CC(C)CCC1=CC(N)CC1. The molecule has 1 aliphatic carbocycles. The highest BCUT2D eigenvalue weighted by atomic mass is 14.6. The Bertz CT molecular complexity index is 147. The summed E-state index contributed by atoms with van der Waals surface area (Å²) in [4.78, 5) is 0. The molecular weight excluding hydrogens is 134 g/mol. The standard InChI is InChI=1S/C10H19N/c1-8(2)3-4-9-5-6-10(11)7-9/h7-8,10H,3-6,11H2,1-2H3. The first-order valence-corrected chi connectivity index (χ1v) is 4.63. The minimum absolute atomic E-state index is 0.358. The van der Waals surface area contributed by atoms with E-state index in [1.807, 2.05) is 0 Å². The summed E-state index contributed by atoms with van der Waals surface area (Å²) >= 11 is 0. The Morgan fingerprint density at radius 1 is 1.64 bits per heavy atom. The summed E-state index contributed by atoms with van der Waals surface area (Å²) in [6, 6.07) is 0.358. The van der Waals surface area contributed by atoms with Crippen molar-refractivity contribution in [3.63, 3.8) is 0 Å². The van der Waals surface area contributed by atoms with Crippen molar-refractivity contribution in [2.75, 3.05) is 0 Å². The molecule has 0 aromatic carbocycles. The van der Waals surface area contributed by atoms with Crippen LogP contribution in [0.15, 0.2) is 11.6 Å². The fraction of sp³-hybridized carbons (Fsp3) is 0.800. The van der Waals surface area contributed by atoms with Crippen molar-refractivity contribution in [2.45, 2.75) is 45.6 Å². The summed E-state index contributed by atoms with van der Waals surface area (Å²) in [7, 11) is 0. The summed E-state index contributed by atoms with van der Waals surface area (Å²) in [5.74, 6) is 0.827. The van der Waals surface area contributed by atoms with Crippen molar-refractivity contribution in [2.24, 2.45) is 11.7 Å². The van der Waals surface area contributed by atoms with Crippen LogP contribution < -0.4 is 5.73 Å². The predicted octanol–water partition coefficient (Wildman–Crippen LogP) is 2.47. The second kappa shape index (κ2) is 3.91. The van der Waals surface area contributed by atoms with E-state index in [1.165, 1.54) is 25.7 Å². The van der Waals surface area contributed by atoms with Gasteiger partial charge in [-0.3, -0.25) is 0 Å². The van der Waals surface area contributed by atoms with E-state index in [0.717, 1.165) is 5.92 Å². The molecule has 0 amide bonds. The van der Waals surface area contributed by atoms with E-state index in [0.29, 0.717) is 6.04 Å². The van der Waals surface area contributed by atoms with Gasteiger partial charge in [-0.1, -0.05) is 25.5 Å². The van der Waals surface area contributed by atoms with Gasteiger partial charge in [-0.25, -0.2) is 0 Å². The van der Waals surface area contributed by atoms with Crippen LogP contribution in [0.3, 0.4) is 0 Å². The van der Waals surface area contributed by atoms with Crippen molar-refractivity contribution >= 4 is 0 Å². The number of rotatable bonds is 3. The molecule has 0 saturated carbocycles. The molecule has 2 N–H and O–H groups in total. The second-order valence-electron chi connectivity index (χ2n) is 3.96. The van der Waals surface area contributed by atoms with E-state index in [-0.39, 0.29) is 0 Å². The van der Waals surface area contributed by atoms with Crippen LogP contribution in [0.4, 0.5) is 0 Å². The minimum atomic E-state index is 0.358. The Balaban J connectivity index is 2.22. The molecule has 0 radical (unpaired) electrons. The average molecular weight is 153 g/mol. The summed E-state index contributed by atoms with van der Waals surface area (Å²) in [5, 5.41) is 0. The van der Waals surface area contributed by atoms with Gasteiger partial charge in [0.15, 0.2) is 0 Å². The Hall–Kier alpha value is -0.300. The van der Waals surface area contributed by atoms with E-state index in [4.69, 9.17) is 5.73 Å². The smallest absolute Gasteiger partial charge is 0.0229 e. The Morgan fingerprint density at radius 3 is 2.82 bits per heavy atom. The third kappa shape index (κ3) is 3.06. The zero-order valence-corrected chi connectivity index (χ0v) is 7.64. The summed E-state index contributed by atoms with van der Waals surface area (Å²) in [6.45, 7) is 4.55. The highest BCUT2D eigenvalue weighted by molar-refractivity contribution is 5.13. The van der Waals surface area contributed by atoms with Crippen molar-refractivity contribution in [3.8, 4) is 0 Å². The predicted molar refractivity (Wildman–Crippen MR) is 49.4 cm³/mol. The fourth-order valence-corrected chi connectivity index (χ4v) is 1.50. The van der Waals surface area contributed by atoms with E-state index < -0.39 is 0 Å². The highest BCUT2D eigenvalue weighted by Gasteiger charge is 2.11. The molecular formula is C10H19N. The van der Waals surface area contributed by atoms with Crippen molar-refractivity contribution in [3.05, 3.63) is 11.6 Å². The van der Waals surface area contributed by atoms with Crippen LogP contribution in [0.1, 0.15) is 39.5 Å². The maximum atomic E-state index is 5.76. The van der Waals surface area contributed by atoms with Crippen LogP contribution in [0, 0.1) is 5.92 Å². The fourth-order valence-electron chi connectivity index (χ4n) is 1.50. The van der Waals surface area contributed by atoms with Gasteiger partial charge in [-0.05, 0) is 31.6 Å². The normalized spacial score (nSPS) is 24.4. The lowest BCUT2D eigenvalue weighted by Crippen LogP contribution is -2.11. The maximum Gasteiger partial charge on any atom is 0.0229 e. The lowest BCUT2D eigenvalue weighted by Gasteiger charge is -2.03. The van der Waals surface area contributed by atoms with Gasteiger partial charge in [0.1, 0.15) is 0 Å². The zero-order chi connectivity index (χ0) is 8.27. The van der Waals surface area contributed by atoms with Crippen molar-refractivity contribution in [1.82, 2.24) is 0 Å². The molecule has 1 rings (SSSR count). The van der Waals surface area contributed by atoms with Crippen LogP contribution in [-0.4, -0.2) is 6.04 Å². The number of hydrogen-bond acceptors (Lipinski definition) is 1. The summed E-state index contributed by atoms with van der Waals surface area (Å²) in [6.07, 6.45) is 7.26. The first-order chi connectivity index (χ1) is 5.18. The number of hydrogen-bond donors (Lipinski definition) is 1. The van der Waals surface area contributed by atoms with Gasteiger partial charge in [0.25, 0.3) is 0 Å². The third-order valence-corrected chi connectivity index (χ3v) is 2.29. The monoisotopic (exact) mass is 153 g/mol. The number of nitrogens with two attached hydrogens (primary N) is 1. The minimum Gasteiger partial charge on any atom is -0.324 e. The van der Waals surface area contributed by atoms with E-state index in [1.54, 1.807) is 5.57 Å². The van der Waals surface area contributed by atoms with Crippen LogP contribution >= 0.6 is 0 Å². The molecule has 1 atom stereocenters. The lowest BCUT2D eigenvalue weighted by molar-refractivity contribution is 0.579. The highest BCUT2D eigenvalue weighted by Crippen LogP contribution is 2.22. The second-order valence-corrected chi connectivity index (χ2v) is 3.96. The van der Waals surface area contributed by atoms with Gasteiger partial charge >= 0.3 is 0 Å². The van der Waals surface area contributed by atoms with Gasteiger partial charge in [0.05, 0.1) is 0 Å². The zero-order valence-electron chi connectivity index (χ0n) is 7.64. The molecule has 1 heteroatoms. The molecule has 0 aromatic heterocycles. The Morgan fingerprint density at radius 2 is 2.36 bits per heavy atom. The van der Waals surface area contributed by atoms with Gasteiger partial charge in [-0.15, -0.1) is 0 Å². The average Bonchev–Trinajstić information content (AvgIpc) is 2.31. The largest absolute Gasteiger partial charge is 0.324 e. The molecule has 0 spiro atoms. The third-order valence-electron chi connectivity index (χ3n) is 2.29. The molecule has 0 aromatic rings. The maximum absolute atomic E-state index is 5.76. The molecule has 1 nitrogen and oxygen atoms in total. The number of allylic oxidation sites excluding steroid dienone is 1. The van der Waals surface area contributed by atoms with Gasteiger partial charge in [0.2, 0.25) is 0 Å².